The predicted octanol–water partition coefficient (Wildman–Crippen LogP) is 3.34. The zero-order valence-electron chi connectivity index (χ0n) is 19.8. The first kappa shape index (κ1) is 25.6. The van der Waals surface area contributed by atoms with E-state index in [9.17, 15) is 9.90 Å². The molecule has 1 aliphatic heterocycles. The number of aliphatic hydroxyl groups excluding tert-OH is 1. The van der Waals surface area contributed by atoms with Gasteiger partial charge in [-0.3, -0.25) is 14.6 Å². The van der Waals surface area contributed by atoms with Gasteiger partial charge in [0.15, 0.2) is 0 Å². The zero-order valence-corrected chi connectivity index (χ0v) is 20.6. The number of nitrogens with two attached hydrogens (primary N) is 1. The van der Waals surface area contributed by atoms with Crippen molar-refractivity contribution in [2.24, 2.45) is 5.73 Å². The highest BCUT2D eigenvalue weighted by molar-refractivity contribution is 7.98. The summed E-state index contributed by atoms with van der Waals surface area (Å²) < 4.78 is 5.73. The summed E-state index contributed by atoms with van der Waals surface area (Å²) in [6.07, 6.45) is 4.87. The van der Waals surface area contributed by atoms with E-state index in [-0.39, 0.29) is 12.5 Å². The fraction of sp³-hybridized carbons (Fsp3) is 0.500. The summed E-state index contributed by atoms with van der Waals surface area (Å²) in [5.74, 6) is 0.451. The van der Waals surface area contributed by atoms with Gasteiger partial charge < -0.3 is 15.6 Å². The van der Waals surface area contributed by atoms with Gasteiger partial charge in [-0.1, -0.05) is 37.6 Å². The van der Waals surface area contributed by atoms with Crippen LogP contribution in [-0.4, -0.2) is 72.5 Å². The first-order chi connectivity index (χ1) is 16.0. The lowest BCUT2D eigenvalue weighted by Crippen LogP contribution is -2.52. The highest BCUT2D eigenvalue weighted by Crippen LogP contribution is 2.23. The third-order valence-electron chi connectivity index (χ3n) is 6.13. The van der Waals surface area contributed by atoms with Crippen molar-refractivity contribution < 1.29 is 14.6 Å². The molecular formula is C26H37N3O3S. The van der Waals surface area contributed by atoms with Crippen molar-refractivity contribution in [1.29, 1.82) is 0 Å². The minimum atomic E-state index is -0.570. The van der Waals surface area contributed by atoms with E-state index in [4.69, 9.17) is 10.5 Å². The number of hydrogen-bond acceptors (Lipinski definition) is 6. The number of rotatable bonds is 12. The van der Waals surface area contributed by atoms with Gasteiger partial charge in [0, 0.05) is 37.6 Å². The summed E-state index contributed by atoms with van der Waals surface area (Å²) >= 11 is 1.69. The van der Waals surface area contributed by atoms with Crippen LogP contribution in [0.5, 0.6) is 5.75 Å². The number of β-amino-alcohol motifs (C(OH)–C–C–N with tert-alkyl or cyclic N) is 1. The SMILES string of the molecule is CCCCc1ccc(C(C(N)=O)N2CCN(CC(O)COc3ccc(SC)cc3)CC2)cc1. The molecule has 180 valence electrons. The highest BCUT2D eigenvalue weighted by Gasteiger charge is 2.29. The number of unbranched alkanes of at least 4 members (excludes halogenated alkanes) is 1. The number of hydrogen-bond donors (Lipinski definition) is 2. The normalized spacial score (nSPS) is 16.9. The Morgan fingerprint density at radius 3 is 2.33 bits per heavy atom. The van der Waals surface area contributed by atoms with Crippen molar-refractivity contribution in [2.75, 3.05) is 45.6 Å². The quantitative estimate of drug-likeness (QED) is 0.462. The van der Waals surface area contributed by atoms with Crippen LogP contribution in [0.15, 0.2) is 53.4 Å². The first-order valence-electron chi connectivity index (χ1n) is 11.8. The average Bonchev–Trinajstić information content (AvgIpc) is 2.83. The number of benzene rings is 2. The first-order valence-corrected chi connectivity index (χ1v) is 13.0. The fourth-order valence-corrected chi connectivity index (χ4v) is 4.63. The molecule has 1 amide bonds. The van der Waals surface area contributed by atoms with Gasteiger partial charge in [-0.15, -0.1) is 11.8 Å². The number of thioether (sulfide) groups is 1. The Morgan fingerprint density at radius 2 is 1.76 bits per heavy atom. The standard InChI is InChI=1S/C26H37N3O3S/c1-3-4-5-20-6-8-21(9-7-20)25(26(27)31)29-16-14-28(15-17-29)18-22(30)19-32-23-10-12-24(33-2)13-11-23/h6-13,22,25,30H,3-5,14-19H2,1-2H3,(H2,27,31). The Hall–Kier alpha value is -2.06. The molecule has 0 bridgehead atoms. The van der Waals surface area contributed by atoms with Crippen LogP contribution in [0.25, 0.3) is 0 Å². The van der Waals surface area contributed by atoms with E-state index in [0.29, 0.717) is 6.54 Å². The van der Waals surface area contributed by atoms with E-state index < -0.39 is 12.1 Å². The smallest absolute Gasteiger partial charge is 0.239 e. The number of aryl methyl sites for hydroxylation is 1. The van der Waals surface area contributed by atoms with Crippen molar-refractivity contribution in [3.63, 3.8) is 0 Å². The van der Waals surface area contributed by atoms with Crippen molar-refractivity contribution in [1.82, 2.24) is 9.80 Å². The summed E-state index contributed by atoms with van der Waals surface area (Å²) in [4.78, 5) is 17.8. The van der Waals surface area contributed by atoms with Crippen LogP contribution < -0.4 is 10.5 Å². The molecule has 7 heteroatoms. The van der Waals surface area contributed by atoms with Gasteiger partial charge in [-0.25, -0.2) is 0 Å². The molecular weight excluding hydrogens is 434 g/mol. The number of nitrogens with zero attached hydrogens (tertiary/aromatic N) is 2. The van der Waals surface area contributed by atoms with Crippen molar-refractivity contribution in [3.8, 4) is 5.75 Å². The lowest BCUT2D eigenvalue weighted by atomic mass is 10.00. The maximum Gasteiger partial charge on any atom is 0.239 e. The van der Waals surface area contributed by atoms with Gasteiger partial charge in [-0.05, 0) is 54.5 Å². The number of ether oxygens (including phenoxy) is 1. The second kappa shape index (κ2) is 13.0. The summed E-state index contributed by atoms with van der Waals surface area (Å²) in [6, 6.07) is 15.8. The Morgan fingerprint density at radius 1 is 1.09 bits per heavy atom. The summed E-state index contributed by atoms with van der Waals surface area (Å²) in [6.45, 7) is 6.00. The summed E-state index contributed by atoms with van der Waals surface area (Å²) in [7, 11) is 0. The number of piperazine rings is 1. The molecule has 3 rings (SSSR count). The van der Waals surface area contributed by atoms with Gasteiger partial charge in [0.05, 0.1) is 0 Å². The molecule has 0 saturated carbocycles. The topological polar surface area (TPSA) is 79.0 Å². The third kappa shape index (κ3) is 7.74. The molecule has 33 heavy (non-hydrogen) atoms. The molecule has 2 aromatic carbocycles. The van der Waals surface area contributed by atoms with Crippen molar-refractivity contribution in [3.05, 3.63) is 59.7 Å². The fourth-order valence-electron chi connectivity index (χ4n) is 4.22. The van der Waals surface area contributed by atoms with E-state index in [0.717, 1.165) is 43.9 Å². The molecule has 2 atom stereocenters. The monoisotopic (exact) mass is 471 g/mol. The molecule has 1 heterocycles. The van der Waals surface area contributed by atoms with Crippen LogP contribution in [0.4, 0.5) is 0 Å². The number of amides is 1. The molecule has 2 aromatic rings. The van der Waals surface area contributed by atoms with Crippen molar-refractivity contribution >= 4 is 17.7 Å². The third-order valence-corrected chi connectivity index (χ3v) is 6.87. The number of primary amides is 1. The minimum Gasteiger partial charge on any atom is -0.491 e. The van der Waals surface area contributed by atoms with Crippen LogP contribution in [0, 0.1) is 0 Å². The largest absolute Gasteiger partial charge is 0.491 e. The summed E-state index contributed by atoms with van der Waals surface area (Å²) in [5, 5.41) is 10.4. The zero-order chi connectivity index (χ0) is 23.6. The van der Waals surface area contributed by atoms with E-state index in [1.54, 1.807) is 11.8 Å². The van der Waals surface area contributed by atoms with Gasteiger partial charge >= 0.3 is 0 Å². The molecule has 1 fully saturated rings. The maximum absolute atomic E-state index is 12.3. The van der Waals surface area contributed by atoms with Gasteiger partial charge in [-0.2, -0.15) is 0 Å². The number of carbonyl (C=O) groups excluding carboxylic acids is 1. The predicted molar refractivity (Wildman–Crippen MR) is 135 cm³/mol. The average molecular weight is 472 g/mol. The van der Waals surface area contributed by atoms with Crippen LogP contribution in [0.3, 0.4) is 0 Å². The van der Waals surface area contributed by atoms with E-state index >= 15 is 0 Å². The van der Waals surface area contributed by atoms with Gasteiger partial charge in [0.25, 0.3) is 0 Å². The Bertz CT molecular complexity index is 852. The molecule has 1 saturated heterocycles. The summed E-state index contributed by atoms with van der Waals surface area (Å²) in [5.41, 5.74) is 8.05. The minimum absolute atomic E-state index is 0.257. The molecule has 3 N–H and O–H groups in total. The van der Waals surface area contributed by atoms with Gasteiger partial charge in [0.1, 0.15) is 24.5 Å². The Labute approximate surface area is 202 Å². The molecule has 1 aliphatic rings. The van der Waals surface area contributed by atoms with Gasteiger partial charge in [0.2, 0.25) is 5.91 Å². The Balaban J connectivity index is 1.47. The Kier molecular flexibility index (Phi) is 10.1. The lowest BCUT2D eigenvalue weighted by molar-refractivity contribution is -0.124. The second-order valence-electron chi connectivity index (χ2n) is 8.63. The maximum atomic E-state index is 12.3. The number of carbonyl (C=O) groups is 1. The molecule has 0 spiro atoms. The molecule has 6 nitrogen and oxygen atoms in total. The van der Waals surface area contributed by atoms with E-state index in [2.05, 4.69) is 28.9 Å². The number of aliphatic hydroxyl groups is 1. The van der Waals surface area contributed by atoms with E-state index in [1.165, 1.54) is 23.3 Å². The lowest BCUT2D eigenvalue weighted by Gasteiger charge is -2.38. The molecule has 0 aromatic heterocycles. The molecule has 0 radical (unpaired) electrons. The molecule has 2 unspecified atom stereocenters. The van der Waals surface area contributed by atoms with Crippen LogP contribution >= 0.6 is 11.8 Å². The highest BCUT2D eigenvalue weighted by atomic mass is 32.2. The molecule has 0 aliphatic carbocycles. The van der Waals surface area contributed by atoms with Crippen molar-refractivity contribution in [2.45, 2.75) is 43.2 Å². The second-order valence-corrected chi connectivity index (χ2v) is 9.51. The van der Waals surface area contributed by atoms with Crippen LogP contribution in [0.1, 0.15) is 36.9 Å². The van der Waals surface area contributed by atoms with E-state index in [1.807, 2.05) is 42.7 Å². The van der Waals surface area contributed by atoms with Crippen LogP contribution in [0.2, 0.25) is 0 Å². The van der Waals surface area contributed by atoms with Crippen LogP contribution in [-0.2, 0) is 11.2 Å².